The molecule has 0 aliphatic carbocycles. The molecule has 0 spiro atoms. The van der Waals surface area contributed by atoms with Crippen molar-refractivity contribution in [1.29, 1.82) is 0 Å². The van der Waals surface area contributed by atoms with Gasteiger partial charge in [0.15, 0.2) is 0 Å². The average molecular weight is 132 g/mol. The second-order valence-electron chi connectivity index (χ2n) is 2.67. The van der Waals surface area contributed by atoms with E-state index in [0.29, 0.717) is 0 Å². The van der Waals surface area contributed by atoms with Crippen molar-refractivity contribution in [2.75, 3.05) is 7.11 Å². The Hall–Kier alpha value is -0.730. The summed E-state index contributed by atoms with van der Waals surface area (Å²) >= 11 is 0. The normalized spacial score (nSPS) is 10.7. The van der Waals surface area contributed by atoms with Gasteiger partial charge in [0.25, 0.3) is 0 Å². The lowest BCUT2D eigenvalue weighted by Crippen LogP contribution is -2.23. The van der Waals surface area contributed by atoms with Gasteiger partial charge in [-0.2, -0.15) is 0 Å². The van der Waals surface area contributed by atoms with E-state index in [2.05, 4.69) is 4.74 Å². The highest BCUT2D eigenvalue weighted by molar-refractivity contribution is 5.60. The Labute approximate surface area is 55.0 Å². The van der Waals surface area contributed by atoms with Gasteiger partial charge in [-0.15, -0.1) is 0 Å². The van der Waals surface area contributed by atoms with Gasteiger partial charge in [0.1, 0.15) is 5.60 Å². The Morgan fingerprint density at radius 3 is 1.89 bits per heavy atom. The minimum Gasteiger partial charge on any atom is -0.438 e. The van der Waals surface area contributed by atoms with E-state index in [-0.39, 0.29) is 0 Å². The van der Waals surface area contributed by atoms with Crippen LogP contribution < -0.4 is 0 Å². The molecule has 0 bridgehead atoms. The number of rotatable bonds is 0. The Balaban J connectivity index is 3.60. The SMILES string of the molecule is COC(=O)OC(C)(C)C. The van der Waals surface area contributed by atoms with Crippen LogP contribution in [-0.4, -0.2) is 18.9 Å². The molecular formula is C6H12O3. The molecule has 0 atom stereocenters. The van der Waals surface area contributed by atoms with Crippen LogP contribution in [0.4, 0.5) is 4.79 Å². The van der Waals surface area contributed by atoms with Gasteiger partial charge in [-0.05, 0) is 20.8 Å². The van der Waals surface area contributed by atoms with E-state index in [1.54, 1.807) is 20.8 Å². The highest BCUT2D eigenvalue weighted by Crippen LogP contribution is 2.06. The summed E-state index contributed by atoms with van der Waals surface area (Å²) in [5.74, 6) is 0. The summed E-state index contributed by atoms with van der Waals surface area (Å²) in [7, 11) is 1.29. The maximum atomic E-state index is 10.4. The molecule has 0 amide bonds. The Morgan fingerprint density at radius 2 is 1.78 bits per heavy atom. The highest BCUT2D eigenvalue weighted by atomic mass is 16.7. The third kappa shape index (κ3) is 5.14. The molecule has 0 aromatic carbocycles. The first-order chi connectivity index (χ1) is 3.95. The molecule has 0 rings (SSSR count). The molecule has 0 aromatic heterocycles. The number of methoxy groups -OCH3 is 1. The van der Waals surface area contributed by atoms with Crippen LogP contribution >= 0.6 is 0 Å². The first kappa shape index (κ1) is 8.27. The van der Waals surface area contributed by atoms with E-state index in [1.165, 1.54) is 7.11 Å². The van der Waals surface area contributed by atoms with Crippen molar-refractivity contribution in [1.82, 2.24) is 0 Å². The van der Waals surface area contributed by atoms with Crippen molar-refractivity contribution in [3.05, 3.63) is 0 Å². The molecule has 3 nitrogen and oxygen atoms in total. The van der Waals surface area contributed by atoms with Gasteiger partial charge >= 0.3 is 6.16 Å². The van der Waals surface area contributed by atoms with Crippen LogP contribution in [0.1, 0.15) is 20.8 Å². The largest absolute Gasteiger partial charge is 0.508 e. The standard InChI is InChI=1S/C6H12O3/c1-6(2,3)9-5(7)8-4/h1-4H3. The number of hydrogen-bond acceptors (Lipinski definition) is 3. The second-order valence-corrected chi connectivity index (χ2v) is 2.67. The quantitative estimate of drug-likeness (QED) is 0.469. The predicted molar refractivity (Wildman–Crippen MR) is 33.2 cm³/mol. The molecule has 0 saturated heterocycles. The summed E-state index contributed by atoms with van der Waals surface area (Å²) in [5.41, 5.74) is -0.451. The molecule has 0 aromatic rings. The summed E-state index contributed by atoms with van der Waals surface area (Å²) in [6.45, 7) is 5.35. The molecule has 0 unspecified atom stereocenters. The van der Waals surface area contributed by atoms with Gasteiger partial charge in [-0.3, -0.25) is 0 Å². The lowest BCUT2D eigenvalue weighted by molar-refractivity contribution is 0.00341. The lowest BCUT2D eigenvalue weighted by Gasteiger charge is -2.17. The summed E-state index contributed by atoms with van der Waals surface area (Å²) in [6, 6.07) is 0. The van der Waals surface area contributed by atoms with E-state index < -0.39 is 11.8 Å². The zero-order valence-electron chi connectivity index (χ0n) is 6.22. The molecule has 9 heavy (non-hydrogen) atoms. The first-order valence-corrected chi connectivity index (χ1v) is 2.72. The predicted octanol–water partition coefficient (Wildman–Crippen LogP) is 1.57. The molecule has 0 saturated carbocycles. The van der Waals surface area contributed by atoms with Crippen molar-refractivity contribution in [3.63, 3.8) is 0 Å². The Morgan fingerprint density at radius 1 is 1.33 bits per heavy atom. The van der Waals surface area contributed by atoms with Crippen molar-refractivity contribution in [2.24, 2.45) is 0 Å². The van der Waals surface area contributed by atoms with Crippen LogP contribution in [0.2, 0.25) is 0 Å². The molecular weight excluding hydrogens is 120 g/mol. The van der Waals surface area contributed by atoms with Gasteiger partial charge in [-0.25, -0.2) is 4.79 Å². The summed E-state index contributed by atoms with van der Waals surface area (Å²) < 4.78 is 8.99. The van der Waals surface area contributed by atoms with Crippen molar-refractivity contribution in [3.8, 4) is 0 Å². The third-order valence-corrected chi connectivity index (χ3v) is 0.556. The van der Waals surface area contributed by atoms with Crippen LogP contribution in [0.25, 0.3) is 0 Å². The monoisotopic (exact) mass is 132 g/mol. The van der Waals surface area contributed by atoms with Crippen molar-refractivity contribution >= 4 is 6.16 Å². The molecule has 0 aliphatic rings. The van der Waals surface area contributed by atoms with E-state index in [0.717, 1.165) is 0 Å². The molecule has 0 heterocycles. The van der Waals surface area contributed by atoms with Gasteiger partial charge in [0.2, 0.25) is 0 Å². The maximum Gasteiger partial charge on any atom is 0.508 e. The lowest BCUT2D eigenvalue weighted by atomic mass is 10.2. The fraction of sp³-hybridized carbons (Fsp3) is 0.833. The van der Waals surface area contributed by atoms with E-state index in [9.17, 15) is 4.79 Å². The van der Waals surface area contributed by atoms with E-state index >= 15 is 0 Å². The van der Waals surface area contributed by atoms with Gasteiger partial charge < -0.3 is 9.47 Å². The van der Waals surface area contributed by atoms with Crippen LogP contribution in [0.15, 0.2) is 0 Å². The zero-order chi connectivity index (χ0) is 7.49. The number of hydrogen-bond donors (Lipinski definition) is 0. The number of carbonyl (C=O) groups is 1. The summed E-state index contributed by atoms with van der Waals surface area (Å²) in [5, 5.41) is 0. The summed E-state index contributed by atoms with van der Waals surface area (Å²) in [4.78, 5) is 10.4. The average Bonchev–Trinajstić information content (AvgIpc) is 1.62. The van der Waals surface area contributed by atoms with E-state index in [1.807, 2.05) is 0 Å². The topological polar surface area (TPSA) is 35.5 Å². The summed E-state index contributed by atoms with van der Waals surface area (Å²) in [6.07, 6.45) is -0.637. The van der Waals surface area contributed by atoms with Crippen molar-refractivity contribution in [2.45, 2.75) is 26.4 Å². The molecule has 0 N–H and O–H groups in total. The Kier molecular flexibility index (Phi) is 2.49. The molecule has 0 aliphatic heterocycles. The van der Waals surface area contributed by atoms with Gasteiger partial charge in [-0.1, -0.05) is 0 Å². The fourth-order valence-electron chi connectivity index (χ4n) is 0.292. The molecule has 0 fully saturated rings. The highest BCUT2D eigenvalue weighted by Gasteiger charge is 2.15. The van der Waals surface area contributed by atoms with Crippen LogP contribution in [0.3, 0.4) is 0 Å². The Bertz CT molecular complexity index is 101. The fourth-order valence-corrected chi connectivity index (χ4v) is 0.292. The number of ether oxygens (including phenoxy) is 2. The molecule has 0 radical (unpaired) electrons. The first-order valence-electron chi connectivity index (χ1n) is 2.72. The van der Waals surface area contributed by atoms with Crippen molar-refractivity contribution < 1.29 is 14.3 Å². The van der Waals surface area contributed by atoms with Gasteiger partial charge in [0.05, 0.1) is 7.11 Å². The van der Waals surface area contributed by atoms with Crippen LogP contribution in [0.5, 0.6) is 0 Å². The van der Waals surface area contributed by atoms with Crippen LogP contribution in [0, 0.1) is 0 Å². The molecule has 54 valence electrons. The van der Waals surface area contributed by atoms with E-state index in [4.69, 9.17) is 4.74 Å². The smallest absolute Gasteiger partial charge is 0.438 e. The minimum atomic E-state index is -0.637. The van der Waals surface area contributed by atoms with Crippen LogP contribution in [-0.2, 0) is 9.47 Å². The third-order valence-electron chi connectivity index (χ3n) is 0.556. The second kappa shape index (κ2) is 2.71. The maximum absolute atomic E-state index is 10.4. The molecule has 3 heteroatoms. The minimum absolute atomic E-state index is 0.451. The zero-order valence-corrected chi connectivity index (χ0v) is 6.22. The number of carbonyl (C=O) groups excluding carboxylic acids is 1. The van der Waals surface area contributed by atoms with Gasteiger partial charge in [0, 0.05) is 0 Å².